The third kappa shape index (κ3) is 7.39. The zero-order chi connectivity index (χ0) is 36.2. The Hall–Kier alpha value is -5.05. The van der Waals surface area contributed by atoms with Gasteiger partial charge in [0.2, 0.25) is 0 Å². The molecule has 1 aliphatic rings. The van der Waals surface area contributed by atoms with Crippen molar-refractivity contribution in [1.82, 2.24) is 4.57 Å². The van der Waals surface area contributed by atoms with E-state index in [1.807, 2.05) is 42.5 Å². The number of nitro benzene ring substituents is 1. The van der Waals surface area contributed by atoms with Crippen LogP contribution >= 0.6 is 43.2 Å². The molecule has 0 amide bonds. The molecule has 0 saturated carbocycles. The van der Waals surface area contributed by atoms with Crippen LogP contribution in [0.1, 0.15) is 35.2 Å². The van der Waals surface area contributed by atoms with E-state index in [1.54, 1.807) is 43.3 Å². The second-order valence-electron chi connectivity index (χ2n) is 11.1. The van der Waals surface area contributed by atoms with E-state index in [0.717, 1.165) is 10.0 Å². The summed E-state index contributed by atoms with van der Waals surface area (Å²) in [6.07, 6.45) is 1.71. The molecule has 0 radical (unpaired) electrons. The number of benzene rings is 4. The average molecular weight is 836 g/mol. The van der Waals surface area contributed by atoms with Crippen LogP contribution in [0.3, 0.4) is 0 Å². The molecule has 1 aromatic heterocycles. The van der Waals surface area contributed by atoms with Gasteiger partial charge >= 0.3 is 5.97 Å². The lowest BCUT2D eigenvalue weighted by molar-refractivity contribution is -0.384. The largest absolute Gasteiger partial charge is 0.493 e. The summed E-state index contributed by atoms with van der Waals surface area (Å²) in [5.41, 5.74) is 2.75. The molecule has 14 heteroatoms. The van der Waals surface area contributed by atoms with E-state index in [0.29, 0.717) is 53.4 Å². The van der Waals surface area contributed by atoms with Gasteiger partial charge in [-0.05, 0) is 76.5 Å². The summed E-state index contributed by atoms with van der Waals surface area (Å²) in [4.78, 5) is 44.3. The van der Waals surface area contributed by atoms with Crippen molar-refractivity contribution in [3.8, 4) is 17.2 Å². The first-order valence-electron chi connectivity index (χ1n) is 15.5. The van der Waals surface area contributed by atoms with Gasteiger partial charge in [0.1, 0.15) is 12.4 Å². The van der Waals surface area contributed by atoms with Crippen molar-refractivity contribution < 1.29 is 28.7 Å². The summed E-state index contributed by atoms with van der Waals surface area (Å²) in [6.45, 7) is 1.95. The minimum atomic E-state index is -0.926. The Morgan fingerprint density at radius 1 is 1.00 bits per heavy atom. The Morgan fingerprint density at radius 3 is 2.39 bits per heavy atom. The molecule has 0 saturated heterocycles. The predicted octanol–water partition coefficient (Wildman–Crippen LogP) is 6.97. The Bertz CT molecular complexity index is 2360. The minimum absolute atomic E-state index is 0.0208. The number of hydrogen-bond acceptors (Lipinski definition) is 10. The number of rotatable bonds is 11. The van der Waals surface area contributed by atoms with E-state index in [1.165, 1.54) is 42.3 Å². The Morgan fingerprint density at radius 2 is 1.73 bits per heavy atom. The number of carbonyl (C=O) groups is 1. The second kappa shape index (κ2) is 15.5. The molecule has 0 fully saturated rings. The molecule has 1 atom stereocenters. The van der Waals surface area contributed by atoms with Gasteiger partial charge in [0.15, 0.2) is 16.3 Å². The third-order valence-corrected chi connectivity index (χ3v) is 9.98. The number of fused-ring (bicyclic) bond motifs is 1. The standard InChI is InChI=1S/C37H29Br2N3O8S/c1-4-49-36(44)31-32(22-8-6-5-7-9-22)40-37-41(33(31)23-12-15-28(47-2)29(17-23)48-3)35(43)30(51-37)18-24-16-25(38)19-27(39)34(24)50-20-21-10-13-26(14-11-21)42(45)46/h5-19,33H,4,20H2,1-3H3/b30-18-/t33-/m1/s1. The summed E-state index contributed by atoms with van der Waals surface area (Å²) >= 11 is 8.30. The SMILES string of the molecule is CCOC(=O)C1=C(c2ccccc2)N=c2s/c(=C\c3cc(Br)cc(Br)c3OCc3ccc([N+](=O)[O-])cc3)c(=O)n2[C@@H]1c1ccc(OC)c(OC)c1. The summed E-state index contributed by atoms with van der Waals surface area (Å²) in [7, 11) is 3.05. The lowest BCUT2D eigenvalue weighted by Crippen LogP contribution is -2.40. The first kappa shape index (κ1) is 35.8. The van der Waals surface area contributed by atoms with Gasteiger partial charge in [-0.2, -0.15) is 0 Å². The predicted molar refractivity (Wildman–Crippen MR) is 200 cm³/mol. The summed E-state index contributed by atoms with van der Waals surface area (Å²) in [5.74, 6) is 0.760. The van der Waals surface area contributed by atoms with Gasteiger partial charge in [0.25, 0.3) is 11.2 Å². The number of nitro groups is 1. The highest BCUT2D eigenvalue weighted by molar-refractivity contribution is 9.11. The zero-order valence-corrected chi connectivity index (χ0v) is 31.4. The van der Waals surface area contributed by atoms with Gasteiger partial charge in [-0.25, -0.2) is 9.79 Å². The Kier molecular flexibility index (Phi) is 10.8. The summed E-state index contributed by atoms with van der Waals surface area (Å²) in [5, 5.41) is 11.1. The lowest BCUT2D eigenvalue weighted by Gasteiger charge is -2.26. The number of non-ortho nitro benzene ring substituents is 1. The molecular weight excluding hydrogens is 806 g/mol. The van der Waals surface area contributed by atoms with Crippen molar-refractivity contribution >= 4 is 66.6 Å². The van der Waals surface area contributed by atoms with Crippen LogP contribution in [0.25, 0.3) is 11.8 Å². The quantitative estimate of drug-likeness (QED) is 0.0793. The van der Waals surface area contributed by atoms with E-state index in [2.05, 4.69) is 31.9 Å². The van der Waals surface area contributed by atoms with Gasteiger partial charge in [0, 0.05) is 27.7 Å². The van der Waals surface area contributed by atoms with Gasteiger partial charge in [0.05, 0.1) is 52.1 Å². The Labute approximate surface area is 312 Å². The van der Waals surface area contributed by atoms with Crippen molar-refractivity contribution in [2.75, 3.05) is 20.8 Å². The van der Waals surface area contributed by atoms with Crippen LogP contribution in [0.4, 0.5) is 5.69 Å². The molecule has 6 rings (SSSR count). The van der Waals surface area contributed by atoms with Crippen LogP contribution in [-0.4, -0.2) is 36.3 Å². The molecule has 5 aromatic rings. The summed E-state index contributed by atoms with van der Waals surface area (Å²) < 4.78 is 26.1. The third-order valence-electron chi connectivity index (χ3n) is 7.95. The number of methoxy groups -OCH3 is 2. The number of halogens is 2. The fraction of sp³-hybridized carbons (Fsp3) is 0.162. The van der Waals surface area contributed by atoms with E-state index < -0.39 is 16.9 Å². The highest BCUT2D eigenvalue weighted by Gasteiger charge is 2.35. The molecule has 0 bridgehead atoms. The zero-order valence-electron chi connectivity index (χ0n) is 27.4. The van der Waals surface area contributed by atoms with Gasteiger partial charge in [-0.3, -0.25) is 19.5 Å². The number of nitrogens with zero attached hydrogens (tertiary/aromatic N) is 3. The molecule has 51 heavy (non-hydrogen) atoms. The first-order chi connectivity index (χ1) is 24.6. The van der Waals surface area contributed by atoms with Crippen molar-refractivity contribution in [1.29, 1.82) is 0 Å². The van der Waals surface area contributed by atoms with Gasteiger partial charge in [-0.15, -0.1) is 0 Å². The highest BCUT2D eigenvalue weighted by Crippen LogP contribution is 2.39. The number of thiazole rings is 1. The van der Waals surface area contributed by atoms with Crippen molar-refractivity contribution in [3.05, 3.63) is 152 Å². The topological polar surface area (TPSA) is 131 Å². The van der Waals surface area contributed by atoms with Crippen LogP contribution < -0.4 is 29.1 Å². The molecule has 0 aliphatic carbocycles. The number of hydrogen-bond donors (Lipinski definition) is 0. The maximum atomic E-state index is 14.5. The Balaban J connectivity index is 1.55. The number of ether oxygens (including phenoxy) is 4. The molecule has 260 valence electrons. The van der Waals surface area contributed by atoms with E-state index in [-0.39, 0.29) is 30.0 Å². The monoisotopic (exact) mass is 833 g/mol. The van der Waals surface area contributed by atoms with Crippen LogP contribution in [0, 0.1) is 10.1 Å². The smallest absolute Gasteiger partial charge is 0.338 e. The lowest BCUT2D eigenvalue weighted by atomic mass is 9.93. The van der Waals surface area contributed by atoms with Crippen LogP contribution in [0.5, 0.6) is 17.2 Å². The molecule has 11 nitrogen and oxygen atoms in total. The average Bonchev–Trinajstić information content (AvgIpc) is 3.44. The number of carbonyl (C=O) groups excluding carboxylic acids is 1. The van der Waals surface area contributed by atoms with Crippen LogP contribution in [0.2, 0.25) is 0 Å². The van der Waals surface area contributed by atoms with E-state index in [4.69, 9.17) is 23.9 Å². The maximum absolute atomic E-state index is 14.5. The van der Waals surface area contributed by atoms with Crippen molar-refractivity contribution in [2.24, 2.45) is 4.99 Å². The molecule has 0 unspecified atom stereocenters. The van der Waals surface area contributed by atoms with Gasteiger partial charge < -0.3 is 18.9 Å². The number of esters is 1. The van der Waals surface area contributed by atoms with Gasteiger partial charge in [-0.1, -0.05) is 63.7 Å². The molecule has 1 aliphatic heterocycles. The van der Waals surface area contributed by atoms with Crippen molar-refractivity contribution in [2.45, 2.75) is 19.6 Å². The molecule has 0 N–H and O–H groups in total. The van der Waals surface area contributed by atoms with E-state index >= 15 is 0 Å². The summed E-state index contributed by atoms with van der Waals surface area (Å²) in [6, 6.07) is 23.3. The van der Waals surface area contributed by atoms with E-state index in [9.17, 15) is 19.7 Å². The molecule has 0 spiro atoms. The first-order valence-corrected chi connectivity index (χ1v) is 17.9. The molecule has 4 aromatic carbocycles. The fourth-order valence-corrected chi connectivity index (χ4v) is 7.99. The molecule has 2 heterocycles. The maximum Gasteiger partial charge on any atom is 0.338 e. The fourth-order valence-electron chi connectivity index (χ4n) is 5.63. The minimum Gasteiger partial charge on any atom is -0.493 e. The second-order valence-corrected chi connectivity index (χ2v) is 13.8. The van der Waals surface area contributed by atoms with Crippen LogP contribution in [-0.2, 0) is 16.1 Å². The number of aromatic nitrogens is 1. The molecular formula is C37H29Br2N3O8S. The van der Waals surface area contributed by atoms with Crippen LogP contribution in [0.15, 0.2) is 109 Å². The van der Waals surface area contributed by atoms with Crippen molar-refractivity contribution in [3.63, 3.8) is 0 Å². The highest BCUT2D eigenvalue weighted by atomic mass is 79.9. The normalized spacial score (nSPS) is 14.1.